The van der Waals surface area contributed by atoms with Crippen molar-refractivity contribution >= 4 is 11.3 Å². The Hall–Kier alpha value is -1.17. The van der Waals surface area contributed by atoms with Crippen LogP contribution in [0.4, 0.5) is 0 Å². The molecule has 0 amide bonds. The van der Waals surface area contributed by atoms with Gasteiger partial charge in [-0.15, -0.1) is 11.3 Å². The summed E-state index contributed by atoms with van der Waals surface area (Å²) in [6.07, 6.45) is 4.03. The molecule has 0 aromatic carbocycles. The van der Waals surface area contributed by atoms with Gasteiger partial charge in [0.15, 0.2) is 0 Å². The van der Waals surface area contributed by atoms with E-state index in [0.717, 1.165) is 32.0 Å². The lowest BCUT2D eigenvalue weighted by Gasteiger charge is -2.34. The van der Waals surface area contributed by atoms with Gasteiger partial charge in [-0.25, -0.2) is 4.98 Å². The van der Waals surface area contributed by atoms with E-state index in [9.17, 15) is 0 Å². The first-order valence-electron chi connectivity index (χ1n) is 6.18. The Morgan fingerprint density at radius 1 is 1.61 bits per heavy atom. The molecule has 1 saturated heterocycles. The van der Waals surface area contributed by atoms with E-state index in [1.807, 2.05) is 13.1 Å². The molecule has 5 heteroatoms. The Morgan fingerprint density at radius 3 is 3.28 bits per heavy atom. The van der Waals surface area contributed by atoms with Crippen molar-refractivity contribution in [1.29, 1.82) is 0 Å². The summed E-state index contributed by atoms with van der Waals surface area (Å²) in [6, 6.07) is 2.42. The average Bonchev–Trinajstić information content (AvgIpc) is 3.02. The largest absolute Gasteiger partial charge is 0.378 e. The van der Waals surface area contributed by atoms with Gasteiger partial charge in [-0.3, -0.25) is 4.90 Å². The molecule has 1 fully saturated rings. The van der Waals surface area contributed by atoms with Gasteiger partial charge in [-0.1, -0.05) is 0 Å². The highest BCUT2D eigenvalue weighted by atomic mass is 32.1. The maximum atomic E-state index is 5.61. The molecule has 2 aromatic rings. The number of hydrogen-bond acceptors (Lipinski definition) is 4. The molecule has 0 bridgehead atoms. The highest BCUT2D eigenvalue weighted by Crippen LogP contribution is 2.28. The van der Waals surface area contributed by atoms with E-state index in [-0.39, 0.29) is 0 Å². The third-order valence-corrected chi connectivity index (χ3v) is 4.27. The Kier molecular flexibility index (Phi) is 3.45. The fourth-order valence-corrected chi connectivity index (χ4v) is 3.19. The zero-order valence-corrected chi connectivity index (χ0v) is 11.2. The van der Waals surface area contributed by atoms with Gasteiger partial charge in [0.2, 0.25) is 0 Å². The highest BCUT2D eigenvalue weighted by Gasteiger charge is 2.26. The fraction of sp³-hybridized carbons (Fsp3) is 0.462. The number of aromatic nitrogens is 2. The molecule has 96 valence electrons. The van der Waals surface area contributed by atoms with Crippen LogP contribution in [0.5, 0.6) is 0 Å². The summed E-state index contributed by atoms with van der Waals surface area (Å²) in [6.45, 7) is 5.52. The molecule has 1 N–H and O–H groups in total. The van der Waals surface area contributed by atoms with Gasteiger partial charge in [-0.2, -0.15) is 0 Å². The van der Waals surface area contributed by atoms with Gasteiger partial charge in [0.25, 0.3) is 0 Å². The molecule has 0 radical (unpaired) electrons. The molecular formula is C13H17N3OS. The van der Waals surface area contributed by atoms with Gasteiger partial charge in [0.05, 0.1) is 19.3 Å². The van der Waals surface area contributed by atoms with Crippen LogP contribution in [-0.2, 0) is 11.3 Å². The molecule has 1 atom stereocenters. The molecule has 0 aliphatic carbocycles. The van der Waals surface area contributed by atoms with E-state index in [2.05, 4.69) is 32.5 Å². The predicted octanol–water partition coefficient (Wildman–Crippen LogP) is 2.35. The molecule has 3 rings (SSSR count). The van der Waals surface area contributed by atoms with Crippen LogP contribution >= 0.6 is 11.3 Å². The molecule has 3 heterocycles. The second-order valence-electron chi connectivity index (χ2n) is 4.61. The minimum Gasteiger partial charge on any atom is -0.378 e. The van der Waals surface area contributed by atoms with Crippen molar-refractivity contribution < 1.29 is 4.74 Å². The highest BCUT2D eigenvalue weighted by molar-refractivity contribution is 7.09. The number of nitrogens with zero attached hydrogens (tertiary/aromatic N) is 2. The van der Waals surface area contributed by atoms with Crippen molar-refractivity contribution in [2.45, 2.75) is 19.5 Å². The predicted molar refractivity (Wildman–Crippen MR) is 71.6 cm³/mol. The Balaban J connectivity index is 1.77. The van der Waals surface area contributed by atoms with Gasteiger partial charge in [0.1, 0.15) is 5.01 Å². The maximum Gasteiger partial charge on any atom is 0.112 e. The first kappa shape index (κ1) is 11.9. The van der Waals surface area contributed by atoms with E-state index in [4.69, 9.17) is 4.74 Å². The third-order valence-electron chi connectivity index (χ3n) is 3.21. The summed E-state index contributed by atoms with van der Waals surface area (Å²) in [5, 5.41) is 3.28. The van der Waals surface area contributed by atoms with Crippen molar-refractivity contribution in [3.63, 3.8) is 0 Å². The summed E-state index contributed by atoms with van der Waals surface area (Å²) < 4.78 is 5.61. The van der Waals surface area contributed by atoms with Gasteiger partial charge in [0, 0.05) is 36.6 Å². The maximum absolute atomic E-state index is 5.61. The standard InChI is InChI=1S/C13H17N3OS/c1-10-9-18-13(15-10)12-8-17-5-4-16(12)7-11-2-3-14-6-11/h2-3,6,9,12,14H,4-5,7-8H2,1H3/t12-/m1/s1. The minimum atomic E-state index is 0.298. The molecular weight excluding hydrogens is 246 g/mol. The van der Waals surface area contributed by atoms with Crippen molar-refractivity contribution in [2.24, 2.45) is 0 Å². The minimum absolute atomic E-state index is 0.298. The van der Waals surface area contributed by atoms with Crippen molar-refractivity contribution in [2.75, 3.05) is 19.8 Å². The van der Waals surface area contributed by atoms with Crippen LogP contribution in [0.1, 0.15) is 22.3 Å². The topological polar surface area (TPSA) is 41.1 Å². The van der Waals surface area contributed by atoms with Crippen LogP contribution in [0.15, 0.2) is 23.8 Å². The van der Waals surface area contributed by atoms with E-state index in [1.54, 1.807) is 11.3 Å². The van der Waals surface area contributed by atoms with Gasteiger partial charge >= 0.3 is 0 Å². The van der Waals surface area contributed by atoms with Crippen LogP contribution < -0.4 is 0 Å². The number of rotatable bonds is 3. The number of H-pyrrole nitrogens is 1. The van der Waals surface area contributed by atoms with E-state index in [1.165, 1.54) is 10.6 Å². The van der Waals surface area contributed by atoms with Crippen LogP contribution in [-0.4, -0.2) is 34.6 Å². The number of morpholine rings is 1. The molecule has 18 heavy (non-hydrogen) atoms. The molecule has 1 aliphatic rings. The van der Waals surface area contributed by atoms with E-state index < -0.39 is 0 Å². The third kappa shape index (κ3) is 2.48. The first-order chi connectivity index (χ1) is 8.83. The number of thiazole rings is 1. The monoisotopic (exact) mass is 263 g/mol. The number of aryl methyl sites for hydroxylation is 1. The van der Waals surface area contributed by atoms with E-state index in [0.29, 0.717) is 6.04 Å². The van der Waals surface area contributed by atoms with Crippen molar-refractivity contribution in [3.8, 4) is 0 Å². The smallest absolute Gasteiger partial charge is 0.112 e. The Morgan fingerprint density at radius 2 is 2.56 bits per heavy atom. The van der Waals surface area contributed by atoms with Gasteiger partial charge < -0.3 is 9.72 Å². The number of nitrogens with one attached hydrogen (secondary N) is 1. The SMILES string of the molecule is Cc1csc([C@H]2COCCN2Cc2cc[nH]c2)n1. The lowest BCUT2D eigenvalue weighted by molar-refractivity contribution is -0.0127. The molecule has 4 nitrogen and oxygen atoms in total. The fourth-order valence-electron chi connectivity index (χ4n) is 2.27. The first-order valence-corrected chi connectivity index (χ1v) is 7.06. The van der Waals surface area contributed by atoms with E-state index >= 15 is 0 Å². The van der Waals surface area contributed by atoms with Crippen LogP contribution in [0.3, 0.4) is 0 Å². The number of hydrogen-bond donors (Lipinski definition) is 1. The number of aromatic amines is 1. The summed E-state index contributed by atoms with van der Waals surface area (Å²) in [5.74, 6) is 0. The van der Waals surface area contributed by atoms with Crippen molar-refractivity contribution in [1.82, 2.24) is 14.9 Å². The van der Waals surface area contributed by atoms with Crippen LogP contribution in [0, 0.1) is 6.92 Å². The molecule has 1 aliphatic heterocycles. The normalized spacial score (nSPS) is 21.3. The summed E-state index contributed by atoms with van der Waals surface area (Å²) in [4.78, 5) is 10.2. The summed E-state index contributed by atoms with van der Waals surface area (Å²) >= 11 is 1.73. The molecule has 0 saturated carbocycles. The Labute approximate surface area is 111 Å². The van der Waals surface area contributed by atoms with Crippen LogP contribution in [0.25, 0.3) is 0 Å². The summed E-state index contributed by atoms with van der Waals surface area (Å²) in [5.41, 5.74) is 2.41. The number of ether oxygens (including phenoxy) is 1. The van der Waals surface area contributed by atoms with Crippen molar-refractivity contribution in [3.05, 3.63) is 40.1 Å². The lowest BCUT2D eigenvalue weighted by Crippen LogP contribution is -2.38. The zero-order chi connectivity index (χ0) is 12.4. The average molecular weight is 263 g/mol. The lowest BCUT2D eigenvalue weighted by atomic mass is 10.2. The second-order valence-corrected chi connectivity index (χ2v) is 5.50. The molecule has 2 aromatic heterocycles. The Bertz CT molecular complexity index is 494. The quantitative estimate of drug-likeness (QED) is 0.924. The second kappa shape index (κ2) is 5.22. The molecule has 0 spiro atoms. The van der Waals surface area contributed by atoms with Crippen LogP contribution in [0.2, 0.25) is 0 Å². The summed E-state index contributed by atoms with van der Waals surface area (Å²) in [7, 11) is 0. The zero-order valence-electron chi connectivity index (χ0n) is 10.4. The van der Waals surface area contributed by atoms with Gasteiger partial charge in [-0.05, 0) is 18.6 Å². The molecule has 0 unspecified atom stereocenters.